The lowest BCUT2D eigenvalue weighted by molar-refractivity contribution is 0.414. The second-order valence-electron chi connectivity index (χ2n) is 6.36. The average molecular weight is 493 g/mol. The van der Waals surface area contributed by atoms with Gasteiger partial charge in [-0.15, -0.1) is 24.0 Å². The van der Waals surface area contributed by atoms with E-state index < -0.39 is 0 Å². The number of halogens is 1. The summed E-state index contributed by atoms with van der Waals surface area (Å²) in [6, 6.07) is 16.3. The number of nitrogens with one attached hydrogen (secondary N) is 2. The van der Waals surface area contributed by atoms with Gasteiger partial charge in [0.05, 0.1) is 18.1 Å². The van der Waals surface area contributed by atoms with Crippen LogP contribution < -0.4 is 15.4 Å². The van der Waals surface area contributed by atoms with Crippen LogP contribution in [-0.4, -0.2) is 36.2 Å². The zero-order valence-electron chi connectivity index (χ0n) is 16.6. The standard InChI is InChI=1S/C21H27N5O.HI/c1-16-25-19-10-4-5-11-20(19)26(16)13-7-12-23-21(22-2)24-15-17-8-6-9-18(14-17)27-3;/h4-6,8-11,14H,7,12-13,15H2,1-3H3,(H2,22,23,24);1H. The van der Waals surface area contributed by atoms with Crippen molar-refractivity contribution in [3.05, 3.63) is 59.9 Å². The molecule has 28 heavy (non-hydrogen) atoms. The van der Waals surface area contributed by atoms with E-state index in [0.29, 0.717) is 6.54 Å². The van der Waals surface area contributed by atoms with Crippen molar-refractivity contribution in [1.29, 1.82) is 0 Å². The smallest absolute Gasteiger partial charge is 0.191 e. The van der Waals surface area contributed by atoms with E-state index in [1.54, 1.807) is 14.2 Å². The number of rotatable bonds is 7. The first-order valence-electron chi connectivity index (χ1n) is 9.20. The summed E-state index contributed by atoms with van der Waals surface area (Å²) in [4.78, 5) is 8.91. The first-order valence-corrected chi connectivity index (χ1v) is 9.20. The molecule has 7 heteroatoms. The molecule has 0 atom stereocenters. The summed E-state index contributed by atoms with van der Waals surface area (Å²) in [7, 11) is 3.46. The molecule has 0 unspecified atom stereocenters. The third kappa shape index (κ3) is 5.60. The van der Waals surface area contributed by atoms with Crippen molar-refractivity contribution in [2.45, 2.75) is 26.4 Å². The number of aromatic nitrogens is 2. The molecule has 6 nitrogen and oxygen atoms in total. The summed E-state index contributed by atoms with van der Waals surface area (Å²) >= 11 is 0. The lowest BCUT2D eigenvalue weighted by Crippen LogP contribution is -2.37. The number of imidazole rings is 1. The van der Waals surface area contributed by atoms with E-state index in [0.717, 1.165) is 48.1 Å². The Bertz CT molecular complexity index is 922. The number of hydrogen-bond donors (Lipinski definition) is 2. The fourth-order valence-electron chi connectivity index (χ4n) is 3.11. The largest absolute Gasteiger partial charge is 0.497 e. The zero-order valence-corrected chi connectivity index (χ0v) is 18.9. The Morgan fingerprint density at radius 2 is 1.96 bits per heavy atom. The van der Waals surface area contributed by atoms with Crippen LogP contribution in [0.4, 0.5) is 0 Å². The second kappa shape index (κ2) is 10.9. The van der Waals surface area contributed by atoms with Crippen LogP contribution in [0.25, 0.3) is 11.0 Å². The number of methoxy groups -OCH3 is 1. The highest BCUT2D eigenvalue weighted by molar-refractivity contribution is 14.0. The van der Waals surface area contributed by atoms with E-state index in [2.05, 4.69) is 56.4 Å². The van der Waals surface area contributed by atoms with Gasteiger partial charge >= 0.3 is 0 Å². The monoisotopic (exact) mass is 493 g/mol. The normalized spacial score (nSPS) is 11.2. The van der Waals surface area contributed by atoms with E-state index in [9.17, 15) is 0 Å². The van der Waals surface area contributed by atoms with Gasteiger partial charge in [0, 0.05) is 26.7 Å². The maximum atomic E-state index is 5.26. The molecule has 0 aliphatic carbocycles. The molecule has 0 fully saturated rings. The van der Waals surface area contributed by atoms with Crippen LogP contribution in [-0.2, 0) is 13.1 Å². The molecule has 0 spiro atoms. The maximum absolute atomic E-state index is 5.26. The fourth-order valence-corrected chi connectivity index (χ4v) is 3.11. The van der Waals surface area contributed by atoms with Crippen LogP contribution >= 0.6 is 24.0 Å². The van der Waals surface area contributed by atoms with Gasteiger partial charge in [-0.25, -0.2) is 4.98 Å². The van der Waals surface area contributed by atoms with E-state index in [4.69, 9.17) is 4.74 Å². The summed E-state index contributed by atoms with van der Waals surface area (Å²) in [5, 5.41) is 6.71. The molecule has 150 valence electrons. The van der Waals surface area contributed by atoms with Gasteiger partial charge < -0.3 is 19.9 Å². The zero-order chi connectivity index (χ0) is 19.1. The Kier molecular flexibility index (Phi) is 8.56. The molecule has 0 amide bonds. The van der Waals surface area contributed by atoms with Crippen LogP contribution in [0.1, 0.15) is 17.8 Å². The van der Waals surface area contributed by atoms with Crippen LogP contribution in [0.2, 0.25) is 0 Å². The molecule has 0 saturated heterocycles. The topological polar surface area (TPSA) is 63.5 Å². The van der Waals surface area contributed by atoms with E-state index >= 15 is 0 Å². The van der Waals surface area contributed by atoms with Gasteiger partial charge in [0.15, 0.2) is 5.96 Å². The average Bonchev–Trinajstić information content (AvgIpc) is 3.02. The second-order valence-corrected chi connectivity index (χ2v) is 6.36. The van der Waals surface area contributed by atoms with E-state index in [1.165, 1.54) is 5.52 Å². The van der Waals surface area contributed by atoms with Gasteiger partial charge in [-0.2, -0.15) is 0 Å². The molecule has 1 aromatic heterocycles. The Labute approximate surface area is 183 Å². The number of para-hydroxylation sites is 2. The Morgan fingerprint density at radius 1 is 1.14 bits per heavy atom. The molecule has 1 heterocycles. The Balaban J connectivity index is 0.00000280. The predicted molar refractivity (Wildman–Crippen MR) is 126 cm³/mol. The van der Waals surface area contributed by atoms with Crippen LogP contribution in [0.3, 0.4) is 0 Å². The number of guanidine groups is 1. The van der Waals surface area contributed by atoms with Gasteiger partial charge in [0.25, 0.3) is 0 Å². The predicted octanol–water partition coefficient (Wildman–Crippen LogP) is 3.73. The molecule has 3 aromatic rings. The van der Waals surface area contributed by atoms with Crippen molar-refractivity contribution in [2.24, 2.45) is 4.99 Å². The minimum atomic E-state index is 0. The highest BCUT2D eigenvalue weighted by atomic mass is 127. The van der Waals surface area contributed by atoms with Crippen molar-refractivity contribution >= 4 is 41.0 Å². The number of aryl methyl sites for hydroxylation is 2. The van der Waals surface area contributed by atoms with E-state index in [1.807, 2.05) is 24.3 Å². The summed E-state index contributed by atoms with van der Waals surface area (Å²) in [5.41, 5.74) is 3.40. The first kappa shape index (κ1) is 22.0. The van der Waals surface area contributed by atoms with Crippen molar-refractivity contribution in [1.82, 2.24) is 20.2 Å². The molecule has 0 radical (unpaired) electrons. The van der Waals surface area contributed by atoms with Gasteiger partial charge in [0.2, 0.25) is 0 Å². The highest BCUT2D eigenvalue weighted by Crippen LogP contribution is 2.15. The number of ether oxygens (including phenoxy) is 1. The third-order valence-electron chi connectivity index (χ3n) is 4.51. The SMILES string of the molecule is CN=C(NCCCn1c(C)nc2ccccc21)NCc1cccc(OC)c1.I. The fraction of sp³-hybridized carbons (Fsp3) is 0.333. The summed E-state index contributed by atoms with van der Waals surface area (Å²) < 4.78 is 7.53. The number of hydrogen-bond acceptors (Lipinski definition) is 3. The number of nitrogens with zero attached hydrogens (tertiary/aromatic N) is 3. The molecule has 2 aromatic carbocycles. The number of benzene rings is 2. The van der Waals surface area contributed by atoms with Crippen LogP contribution in [0.15, 0.2) is 53.5 Å². The summed E-state index contributed by atoms with van der Waals surface area (Å²) in [5.74, 6) is 2.71. The van der Waals surface area contributed by atoms with Crippen LogP contribution in [0.5, 0.6) is 5.75 Å². The number of aliphatic imine (C=N–C) groups is 1. The van der Waals surface area contributed by atoms with Gasteiger partial charge in [0.1, 0.15) is 11.6 Å². The molecular formula is C21H28IN5O. The van der Waals surface area contributed by atoms with E-state index in [-0.39, 0.29) is 24.0 Å². The quantitative estimate of drug-likeness (QED) is 0.228. The molecule has 0 aliphatic heterocycles. The molecular weight excluding hydrogens is 465 g/mol. The first-order chi connectivity index (χ1) is 13.2. The summed E-state index contributed by atoms with van der Waals surface area (Å²) in [6.07, 6.45) is 0.987. The van der Waals surface area contributed by atoms with Gasteiger partial charge in [-0.1, -0.05) is 24.3 Å². The summed E-state index contributed by atoms with van der Waals surface area (Å²) in [6.45, 7) is 4.51. The molecule has 0 bridgehead atoms. The van der Waals surface area contributed by atoms with Gasteiger partial charge in [-0.05, 0) is 43.2 Å². The molecule has 3 rings (SSSR count). The van der Waals surface area contributed by atoms with Gasteiger partial charge in [-0.3, -0.25) is 4.99 Å². The third-order valence-corrected chi connectivity index (χ3v) is 4.51. The molecule has 0 saturated carbocycles. The van der Waals surface area contributed by atoms with Crippen molar-refractivity contribution in [2.75, 3.05) is 20.7 Å². The number of fused-ring (bicyclic) bond motifs is 1. The van der Waals surface area contributed by atoms with Crippen molar-refractivity contribution < 1.29 is 4.74 Å². The molecule has 0 aliphatic rings. The Morgan fingerprint density at radius 3 is 2.75 bits per heavy atom. The maximum Gasteiger partial charge on any atom is 0.191 e. The van der Waals surface area contributed by atoms with Crippen LogP contribution in [0, 0.1) is 6.92 Å². The lowest BCUT2D eigenvalue weighted by atomic mass is 10.2. The minimum absolute atomic E-state index is 0. The van der Waals surface area contributed by atoms with Crippen molar-refractivity contribution in [3.8, 4) is 5.75 Å². The molecule has 2 N–H and O–H groups in total. The highest BCUT2D eigenvalue weighted by Gasteiger charge is 2.06. The lowest BCUT2D eigenvalue weighted by Gasteiger charge is -2.13. The van der Waals surface area contributed by atoms with Crippen molar-refractivity contribution in [3.63, 3.8) is 0 Å². The Hall–Kier alpha value is -2.29. The minimum Gasteiger partial charge on any atom is -0.497 e.